The van der Waals surface area contributed by atoms with Crippen molar-refractivity contribution < 1.29 is 15.0 Å². The van der Waals surface area contributed by atoms with Crippen molar-refractivity contribution >= 4 is 27.6 Å². The van der Waals surface area contributed by atoms with Gasteiger partial charge < -0.3 is 15.9 Å². The zero-order chi connectivity index (χ0) is 12.1. The Kier molecular flexibility index (Phi) is 4.76. The smallest absolute Gasteiger partial charge is 0.337 e. The number of aliphatic carboxylic acids is 1. The number of hydrogen-bond acceptors (Lipinski definition) is 3. The number of rotatable bonds is 5. The normalized spacial score (nSPS) is 12.4. The lowest BCUT2D eigenvalue weighted by Gasteiger charge is -2.14. The minimum atomic E-state index is -1.51. The monoisotopic (exact) mass is 287 g/mol. The molecule has 0 aliphatic heterocycles. The van der Waals surface area contributed by atoms with Crippen LogP contribution in [0.4, 0.5) is 5.69 Å². The molecule has 16 heavy (non-hydrogen) atoms. The maximum atomic E-state index is 10.7. The largest absolute Gasteiger partial charge is 0.479 e. The van der Waals surface area contributed by atoms with Crippen molar-refractivity contribution in [1.29, 1.82) is 0 Å². The molecule has 0 bridgehead atoms. The second-order valence-corrected chi connectivity index (χ2v) is 4.24. The van der Waals surface area contributed by atoms with E-state index in [1.54, 1.807) is 18.2 Å². The molecule has 1 aromatic rings. The number of nitrogen functional groups attached to an aromatic ring is 1. The van der Waals surface area contributed by atoms with Gasteiger partial charge in [-0.3, -0.25) is 0 Å². The SMILES string of the molecule is Nc1cccc(C(O)C(=O)O)c1CCCBr. The van der Waals surface area contributed by atoms with Gasteiger partial charge >= 0.3 is 5.97 Å². The minimum Gasteiger partial charge on any atom is -0.479 e. The number of carboxylic acids is 1. The summed E-state index contributed by atoms with van der Waals surface area (Å²) < 4.78 is 0. The van der Waals surface area contributed by atoms with Gasteiger partial charge in [0, 0.05) is 11.0 Å². The van der Waals surface area contributed by atoms with Crippen molar-refractivity contribution in [2.75, 3.05) is 11.1 Å². The number of benzene rings is 1. The van der Waals surface area contributed by atoms with Crippen LogP contribution in [0.25, 0.3) is 0 Å². The van der Waals surface area contributed by atoms with Gasteiger partial charge in [-0.05, 0) is 30.0 Å². The van der Waals surface area contributed by atoms with Crippen LogP contribution in [0, 0.1) is 0 Å². The Bertz CT molecular complexity index is 381. The van der Waals surface area contributed by atoms with Crippen molar-refractivity contribution in [1.82, 2.24) is 0 Å². The third-order valence-electron chi connectivity index (χ3n) is 2.34. The highest BCUT2D eigenvalue weighted by Crippen LogP contribution is 2.25. The fourth-order valence-corrected chi connectivity index (χ4v) is 1.83. The van der Waals surface area contributed by atoms with Crippen LogP contribution in [0.15, 0.2) is 18.2 Å². The molecule has 4 nitrogen and oxygen atoms in total. The number of alkyl halides is 1. The summed E-state index contributed by atoms with van der Waals surface area (Å²) in [5.41, 5.74) is 7.41. The number of hydrogen-bond donors (Lipinski definition) is 3. The molecule has 1 atom stereocenters. The third kappa shape index (κ3) is 2.96. The van der Waals surface area contributed by atoms with Gasteiger partial charge in [-0.15, -0.1) is 0 Å². The van der Waals surface area contributed by atoms with Crippen LogP contribution >= 0.6 is 15.9 Å². The summed E-state index contributed by atoms with van der Waals surface area (Å²) in [5.74, 6) is -1.26. The molecule has 0 radical (unpaired) electrons. The average Bonchev–Trinajstić information content (AvgIpc) is 2.26. The van der Waals surface area contributed by atoms with Gasteiger partial charge in [0.25, 0.3) is 0 Å². The highest BCUT2D eigenvalue weighted by Gasteiger charge is 2.20. The Morgan fingerprint density at radius 2 is 2.19 bits per heavy atom. The fourth-order valence-electron chi connectivity index (χ4n) is 1.54. The van der Waals surface area contributed by atoms with E-state index >= 15 is 0 Å². The molecule has 1 rings (SSSR count). The highest BCUT2D eigenvalue weighted by molar-refractivity contribution is 9.09. The first-order valence-electron chi connectivity index (χ1n) is 4.92. The quantitative estimate of drug-likeness (QED) is 0.569. The molecule has 0 heterocycles. The van der Waals surface area contributed by atoms with E-state index in [2.05, 4.69) is 15.9 Å². The molecule has 5 heteroatoms. The van der Waals surface area contributed by atoms with Gasteiger partial charge in [0.2, 0.25) is 0 Å². The van der Waals surface area contributed by atoms with E-state index in [-0.39, 0.29) is 0 Å². The zero-order valence-corrected chi connectivity index (χ0v) is 10.3. The summed E-state index contributed by atoms with van der Waals surface area (Å²) in [6, 6.07) is 4.95. The van der Waals surface area contributed by atoms with E-state index in [1.165, 1.54) is 0 Å². The van der Waals surface area contributed by atoms with Crippen molar-refractivity contribution in [2.24, 2.45) is 0 Å². The van der Waals surface area contributed by atoms with Crippen molar-refractivity contribution in [3.05, 3.63) is 29.3 Å². The van der Waals surface area contributed by atoms with Crippen molar-refractivity contribution in [2.45, 2.75) is 18.9 Å². The molecule has 0 aliphatic carbocycles. The van der Waals surface area contributed by atoms with E-state index < -0.39 is 12.1 Å². The van der Waals surface area contributed by atoms with E-state index in [9.17, 15) is 9.90 Å². The molecule has 1 aromatic carbocycles. The lowest BCUT2D eigenvalue weighted by molar-refractivity contribution is -0.147. The Morgan fingerprint density at radius 1 is 1.50 bits per heavy atom. The van der Waals surface area contributed by atoms with Crippen LogP contribution < -0.4 is 5.73 Å². The molecule has 0 saturated heterocycles. The summed E-state index contributed by atoms with van der Waals surface area (Å²) >= 11 is 3.30. The van der Waals surface area contributed by atoms with Crippen LogP contribution in [-0.2, 0) is 11.2 Å². The maximum Gasteiger partial charge on any atom is 0.337 e. The molecule has 0 fully saturated rings. The predicted octanol–water partition coefficient (Wildman–Crippen LogP) is 1.71. The Morgan fingerprint density at radius 3 is 2.75 bits per heavy atom. The van der Waals surface area contributed by atoms with Gasteiger partial charge in [-0.1, -0.05) is 28.1 Å². The summed E-state index contributed by atoms with van der Waals surface area (Å²) in [7, 11) is 0. The van der Waals surface area contributed by atoms with Gasteiger partial charge in [0.15, 0.2) is 6.10 Å². The number of aliphatic hydroxyl groups excluding tert-OH is 1. The molecule has 1 unspecified atom stereocenters. The molecular weight excluding hydrogens is 274 g/mol. The lowest BCUT2D eigenvalue weighted by Crippen LogP contribution is -2.14. The molecule has 4 N–H and O–H groups in total. The first-order valence-corrected chi connectivity index (χ1v) is 6.04. The molecule has 0 spiro atoms. The van der Waals surface area contributed by atoms with Crippen molar-refractivity contribution in [3.8, 4) is 0 Å². The molecule has 0 amide bonds. The van der Waals surface area contributed by atoms with Gasteiger partial charge in [-0.25, -0.2) is 4.79 Å². The van der Waals surface area contributed by atoms with Crippen LogP contribution in [0.1, 0.15) is 23.7 Å². The van der Waals surface area contributed by atoms with E-state index in [0.717, 1.165) is 17.3 Å². The zero-order valence-electron chi connectivity index (χ0n) is 8.69. The summed E-state index contributed by atoms with van der Waals surface area (Å²) in [4.78, 5) is 10.7. The Hall–Kier alpha value is -1.07. The van der Waals surface area contributed by atoms with E-state index in [1.807, 2.05) is 0 Å². The van der Waals surface area contributed by atoms with Crippen LogP contribution in [0.2, 0.25) is 0 Å². The lowest BCUT2D eigenvalue weighted by atomic mass is 9.97. The number of carboxylic acid groups (broad SMARTS) is 1. The molecule has 0 aliphatic rings. The molecule has 0 saturated carbocycles. The van der Waals surface area contributed by atoms with E-state index in [4.69, 9.17) is 10.8 Å². The molecule has 88 valence electrons. The maximum absolute atomic E-state index is 10.7. The first kappa shape index (κ1) is 13.0. The van der Waals surface area contributed by atoms with Crippen LogP contribution in [0.5, 0.6) is 0 Å². The Labute approximate surface area is 102 Å². The van der Waals surface area contributed by atoms with Gasteiger partial charge in [0.05, 0.1) is 0 Å². The fraction of sp³-hybridized carbons (Fsp3) is 0.364. The van der Waals surface area contributed by atoms with Gasteiger partial charge in [-0.2, -0.15) is 0 Å². The average molecular weight is 288 g/mol. The predicted molar refractivity (Wildman–Crippen MR) is 65.6 cm³/mol. The standard InChI is InChI=1S/C11H14BrNO3/c12-6-2-4-7-8(10(14)11(15)16)3-1-5-9(7)13/h1,3,5,10,14H,2,4,6,13H2,(H,15,16). The second kappa shape index (κ2) is 5.86. The number of anilines is 1. The number of nitrogens with two attached hydrogens (primary N) is 1. The summed E-state index contributed by atoms with van der Waals surface area (Å²) in [6.45, 7) is 0. The van der Waals surface area contributed by atoms with Crippen LogP contribution in [-0.4, -0.2) is 21.5 Å². The van der Waals surface area contributed by atoms with Crippen molar-refractivity contribution in [3.63, 3.8) is 0 Å². The number of halogens is 1. The Balaban J connectivity index is 3.06. The summed E-state index contributed by atoms with van der Waals surface area (Å²) in [5, 5.41) is 19.1. The van der Waals surface area contributed by atoms with E-state index in [0.29, 0.717) is 17.7 Å². The minimum absolute atomic E-state index is 0.383. The summed E-state index contributed by atoms with van der Waals surface area (Å²) in [6.07, 6.45) is -0.0145. The molecule has 0 aromatic heterocycles. The highest BCUT2D eigenvalue weighted by atomic mass is 79.9. The first-order chi connectivity index (χ1) is 7.57. The molecular formula is C11H14BrNO3. The number of aliphatic hydroxyl groups is 1. The van der Waals surface area contributed by atoms with Gasteiger partial charge in [0.1, 0.15) is 0 Å². The topological polar surface area (TPSA) is 83.5 Å². The second-order valence-electron chi connectivity index (χ2n) is 3.45. The number of carbonyl (C=O) groups is 1. The third-order valence-corrected chi connectivity index (χ3v) is 2.90. The van der Waals surface area contributed by atoms with Crippen LogP contribution in [0.3, 0.4) is 0 Å².